The minimum absolute atomic E-state index is 0.168. The molecule has 0 fully saturated rings. The smallest absolute Gasteiger partial charge is 0.276 e. The SMILES string of the molecule is Cc1ccc(OCn2cc(NC(=O)c3ccn(COc4cc(C)c(Cl)c(C)c4)n3)cn2)c(C)c1. The molecule has 0 saturated carbocycles. The molecular formula is C25H26ClN5O3. The van der Waals surface area contributed by atoms with E-state index in [0.717, 1.165) is 27.5 Å². The number of amides is 1. The summed E-state index contributed by atoms with van der Waals surface area (Å²) >= 11 is 6.20. The lowest BCUT2D eigenvalue weighted by Crippen LogP contribution is -2.14. The van der Waals surface area contributed by atoms with E-state index >= 15 is 0 Å². The second-order valence-corrected chi connectivity index (χ2v) is 8.53. The van der Waals surface area contributed by atoms with Crippen LogP contribution in [-0.4, -0.2) is 25.5 Å². The van der Waals surface area contributed by atoms with Gasteiger partial charge in [0.1, 0.15) is 11.5 Å². The van der Waals surface area contributed by atoms with E-state index in [-0.39, 0.29) is 25.1 Å². The van der Waals surface area contributed by atoms with Crippen molar-refractivity contribution in [2.24, 2.45) is 0 Å². The van der Waals surface area contributed by atoms with Crippen LogP contribution >= 0.6 is 11.6 Å². The van der Waals surface area contributed by atoms with Gasteiger partial charge in [-0.15, -0.1) is 0 Å². The Kier molecular flexibility index (Phi) is 6.88. The third-order valence-electron chi connectivity index (χ3n) is 5.22. The first-order valence-corrected chi connectivity index (χ1v) is 11.1. The van der Waals surface area contributed by atoms with E-state index in [4.69, 9.17) is 21.1 Å². The first kappa shape index (κ1) is 23.4. The zero-order valence-electron chi connectivity index (χ0n) is 19.5. The summed E-state index contributed by atoms with van der Waals surface area (Å²) < 4.78 is 14.8. The molecule has 2 aromatic heterocycles. The predicted octanol–water partition coefficient (Wildman–Crippen LogP) is 5.29. The third kappa shape index (κ3) is 5.58. The third-order valence-corrected chi connectivity index (χ3v) is 5.82. The number of benzene rings is 2. The molecule has 2 heterocycles. The van der Waals surface area contributed by atoms with Gasteiger partial charge in [-0.3, -0.25) is 4.79 Å². The molecule has 0 atom stereocenters. The number of halogens is 1. The quantitative estimate of drug-likeness (QED) is 0.371. The summed E-state index contributed by atoms with van der Waals surface area (Å²) in [5.74, 6) is 1.14. The van der Waals surface area contributed by atoms with Crippen molar-refractivity contribution in [1.82, 2.24) is 19.6 Å². The summed E-state index contributed by atoms with van der Waals surface area (Å²) in [7, 11) is 0. The average Bonchev–Trinajstić information content (AvgIpc) is 3.45. The highest BCUT2D eigenvalue weighted by atomic mass is 35.5. The molecule has 9 heteroatoms. The zero-order valence-corrected chi connectivity index (χ0v) is 20.3. The van der Waals surface area contributed by atoms with Crippen LogP contribution in [0.4, 0.5) is 5.69 Å². The number of carbonyl (C=O) groups is 1. The maximum absolute atomic E-state index is 12.6. The Balaban J connectivity index is 1.31. The lowest BCUT2D eigenvalue weighted by atomic mass is 10.1. The Hall–Kier alpha value is -3.78. The number of hydrogen-bond donors (Lipinski definition) is 1. The van der Waals surface area contributed by atoms with Crippen LogP contribution in [0.5, 0.6) is 11.5 Å². The van der Waals surface area contributed by atoms with Crippen molar-refractivity contribution in [2.75, 3.05) is 5.32 Å². The van der Waals surface area contributed by atoms with E-state index in [1.807, 2.05) is 52.0 Å². The summed E-state index contributed by atoms with van der Waals surface area (Å²) in [6.45, 7) is 8.29. The summed E-state index contributed by atoms with van der Waals surface area (Å²) in [6.07, 6.45) is 4.95. The number of hydrogen-bond acceptors (Lipinski definition) is 5. The molecule has 4 rings (SSSR count). The topological polar surface area (TPSA) is 83.2 Å². The van der Waals surface area contributed by atoms with Gasteiger partial charge in [0.25, 0.3) is 5.91 Å². The van der Waals surface area contributed by atoms with Crippen molar-refractivity contribution in [3.8, 4) is 11.5 Å². The molecule has 0 spiro atoms. The van der Waals surface area contributed by atoms with E-state index in [1.165, 1.54) is 5.56 Å². The average molecular weight is 480 g/mol. The van der Waals surface area contributed by atoms with Gasteiger partial charge in [0.05, 0.1) is 18.1 Å². The lowest BCUT2D eigenvalue weighted by molar-refractivity contribution is 0.102. The number of aromatic nitrogens is 4. The molecule has 2 aromatic carbocycles. The van der Waals surface area contributed by atoms with Gasteiger partial charge in [-0.05, 0) is 68.7 Å². The van der Waals surface area contributed by atoms with E-state index < -0.39 is 0 Å². The van der Waals surface area contributed by atoms with E-state index in [2.05, 4.69) is 21.6 Å². The maximum atomic E-state index is 12.6. The fourth-order valence-electron chi connectivity index (χ4n) is 3.48. The summed E-state index contributed by atoms with van der Waals surface area (Å²) in [6, 6.07) is 11.4. The molecule has 1 amide bonds. The molecule has 0 unspecified atom stereocenters. The molecule has 0 saturated heterocycles. The minimum atomic E-state index is -0.341. The molecule has 0 radical (unpaired) electrons. The van der Waals surface area contributed by atoms with Crippen molar-refractivity contribution in [3.05, 3.63) is 88.0 Å². The standard InChI is InChI=1S/C25H26ClN5O3/c1-16-5-6-23(17(2)9-16)34-15-31-13-20(12-27-31)28-25(32)22-7-8-30(29-22)14-33-21-10-18(3)24(26)19(4)11-21/h5-13H,14-15H2,1-4H3,(H,28,32). The Bertz CT molecular complexity index is 1300. The van der Waals surface area contributed by atoms with Gasteiger partial charge < -0.3 is 14.8 Å². The van der Waals surface area contributed by atoms with E-state index in [1.54, 1.807) is 34.0 Å². The van der Waals surface area contributed by atoms with Crippen LogP contribution in [-0.2, 0) is 13.5 Å². The number of nitrogens with zero attached hydrogens (tertiary/aromatic N) is 4. The van der Waals surface area contributed by atoms with Crippen molar-refractivity contribution in [3.63, 3.8) is 0 Å². The predicted molar refractivity (Wildman–Crippen MR) is 131 cm³/mol. The molecule has 0 aliphatic heterocycles. The van der Waals surface area contributed by atoms with Crippen LogP contribution in [0.25, 0.3) is 0 Å². The van der Waals surface area contributed by atoms with Crippen LogP contribution in [0.2, 0.25) is 5.02 Å². The van der Waals surface area contributed by atoms with Crippen LogP contribution < -0.4 is 14.8 Å². The molecule has 34 heavy (non-hydrogen) atoms. The largest absolute Gasteiger partial charge is 0.471 e. The molecular weight excluding hydrogens is 454 g/mol. The summed E-state index contributed by atoms with van der Waals surface area (Å²) in [4.78, 5) is 12.6. The van der Waals surface area contributed by atoms with E-state index in [9.17, 15) is 4.79 Å². The molecule has 1 N–H and O–H groups in total. The number of aryl methyl sites for hydroxylation is 4. The number of anilines is 1. The van der Waals surface area contributed by atoms with Gasteiger partial charge in [-0.1, -0.05) is 29.3 Å². The van der Waals surface area contributed by atoms with Gasteiger partial charge >= 0.3 is 0 Å². The Labute approximate surface area is 203 Å². The Morgan fingerprint density at radius 1 is 0.971 bits per heavy atom. The first-order valence-electron chi connectivity index (χ1n) is 10.8. The van der Waals surface area contributed by atoms with Crippen molar-refractivity contribution in [2.45, 2.75) is 41.2 Å². The van der Waals surface area contributed by atoms with Crippen LogP contribution in [0.1, 0.15) is 32.7 Å². The number of carbonyl (C=O) groups excluding carboxylic acids is 1. The van der Waals surface area contributed by atoms with Crippen molar-refractivity contribution in [1.29, 1.82) is 0 Å². The Morgan fingerprint density at radius 3 is 2.44 bits per heavy atom. The highest BCUT2D eigenvalue weighted by Crippen LogP contribution is 2.26. The normalized spacial score (nSPS) is 10.9. The van der Waals surface area contributed by atoms with Gasteiger partial charge in [0, 0.05) is 11.2 Å². The lowest BCUT2D eigenvalue weighted by Gasteiger charge is -2.10. The van der Waals surface area contributed by atoms with Gasteiger partial charge in [0.2, 0.25) is 0 Å². The molecule has 4 aromatic rings. The molecule has 0 bridgehead atoms. The van der Waals surface area contributed by atoms with Gasteiger partial charge in [0.15, 0.2) is 19.2 Å². The molecule has 176 valence electrons. The second kappa shape index (κ2) is 10.0. The van der Waals surface area contributed by atoms with Crippen LogP contribution in [0.15, 0.2) is 55.0 Å². The fraction of sp³-hybridized carbons (Fsp3) is 0.240. The number of nitrogens with one attached hydrogen (secondary N) is 1. The molecule has 0 aliphatic rings. The zero-order chi connectivity index (χ0) is 24.2. The highest BCUT2D eigenvalue weighted by Gasteiger charge is 2.12. The van der Waals surface area contributed by atoms with Crippen molar-refractivity contribution < 1.29 is 14.3 Å². The summed E-state index contributed by atoms with van der Waals surface area (Å²) in [5.41, 5.74) is 4.94. The van der Waals surface area contributed by atoms with E-state index in [0.29, 0.717) is 11.4 Å². The van der Waals surface area contributed by atoms with Crippen LogP contribution in [0.3, 0.4) is 0 Å². The number of ether oxygens (including phenoxy) is 2. The van der Waals surface area contributed by atoms with Gasteiger partial charge in [-0.25, -0.2) is 9.36 Å². The molecule has 0 aliphatic carbocycles. The minimum Gasteiger partial charge on any atom is -0.471 e. The number of rotatable bonds is 8. The van der Waals surface area contributed by atoms with Crippen LogP contribution in [0, 0.1) is 27.7 Å². The Morgan fingerprint density at radius 2 is 1.71 bits per heavy atom. The second-order valence-electron chi connectivity index (χ2n) is 8.15. The molecule has 8 nitrogen and oxygen atoms in total. The highest BCUT2D eigenvalue weighted by molar-refractivity contribution is 6.32. The fourth-order valence-corrected chi connectivity index (χ4v) is 3.58. The monoisotopic (exact) mass is 479 g/mol. The van der Waals surface area contributed by atoms with Crippen molar-refractivity contribution >= 4 is 23.2 Å². The maximum Gasteiger partial charge on any atom is 0.276 e. The van der Waals surface area contributed by atoms with Gasteiger partial charge in [-0.2, -0.15) is 10.2 Å². The summed E-state index contributed by atoms with van der Waals surface area (Å²) in [5, 5.41) is 12.0. The first-order chi connectivity index (χ1) is 16.3.